The number of hydrogen-bond donors (Lipinski definition) is 2. The molecule has 1 fully saturated rings. The zero-order valence-corrected chi connectivity index (χ0v) is 21.6. The SMILES string of the molecule is COc1cc(CC2CN(CCF)C2)ccc1Nc1nc(Oc2cccc(N)c2)c2ccn([P+](C)=O)c2n1. The number of ether oxygens (including phenoxy) is 2. The van der Waals surface area contributed by atoms with Crippen LogP contribution >= 0.6 is 7.95 Å². The highest BCUT2D eigenvalue weighted by atomic mass is 31.1. The van der Waals surface area contributed by atoms with Crippen molar-refractivity contribution >= 4 is 36.3 Å². The van der Waals surface area contributed by atoms with E-state index >= 15 is 0 Å². The van der Waals surface area contributed by atoms with Gasteiger partial charge >= 0.3 is 7.95 Å². The summed E-state index contributed by atoms with van der Waals surface area (Å²) in [5, 5.41) is 3.86. The minimum absolute atomic E-state index is 0.273. The molecule has 37 heavy (non-hydrogen) atoms. The number of nitrogen functional groups attached to an aromatic ring is 1. The van der Waals surface area contributed by atoms with Gasteiger partial charge in [0.1, 0.15) is 18.2 Å². The molecule has 0 saturated carbocycles. The van der Waals surface area contributed by atoms with Gasteiger partial charge in [-0.05, 0) is 52.8 Å². The summed E-state index contributed by atoms with van der Waals surface area (Å²) in [6.45, 7) is 3.64. The van der Waals surface area contributed by atoms with Crippen molar-refractivity contribution in [3.63, 3.8) is 0 Å². The molecule has 0 radical (unpaired) electrons. The first-order valence-corrected chi connectivity index (χ1v) is 13.7. The summed E-state index contributed by atoms with van der Waals surface area (Å²) in [7, 11) is -0.0940. The summed E-state index contributed by atoms with van der Waals surface area (Å²) in [5.41, 5.74) is 8.79. The number of aromatic nitrogens is 3. The zero-order chi connectivity index (χ0) is 25.9. The van der Waals surface area contributed by atoms with Gasteiger partial charge < -0.3 is 25.4 Å². The largest absolute Gasteiger partial charge is 0.495 e. The van der Waals surface area contributed by atoms with E-state index in [9.17, 15) is 8.96 Å². The smallest absolute Gasteiger partial charge is 0.464 e. The van der Waals surface area contributed by atoms with Crippen LogP contribution in [0.4, 0.5) is 21.7 Å². The van der Waals surface area contributed by atoms with E-state index in [0.717, 1.165) is 25.1 Å². The summed E-state index contributed by atoms with van der Waals surface area (Å²) < 4.78 is 38.2. The number of nitrogens with two attached hydrogens (primary N) is 1. The van der Waals surface area contributed by atoms with Gasteiger partial charge in [0.15, 0.2) is 12.3 Å². The van der Waals surface area contributed by atoms with Gasteiger partial charge in [0, 0.05) is 31.4 Å². The lowest BCUT2D eigenvalue weighted by Gasteiger charge is -2.38. The van der Waals surface area contributed by atoms with E-state index in [1.807, 2.05) is 18.2 Å². The van der Waals surface area contributed by atoms with E-state index < -0.39 is 7.95 Å². The summed E-state index contributed by atoms with van der Waals surface area (Å²) in [4.78, 5) is 11.3. The molecular weight excluding hydrogens is 494 g/mol. The Balaban J connectivity index is 1.42. The summed E-state index contributed by atoms with van der Waals surface area (Å²) in [6, 6.07) is 14.8. The van der Waals surface area contributed by atoms with Gasteiger partial charge in [-0.2, -0.15) is 9.97 Å². The molecule has 0 bridgehead atoms. The van der Waals surface area contributed by atoms with Crippen LogP contribution in [0.1, 0.15) is 5.56 Å². The number of halogens is 1. The van der Waals surface area contributed by atoms with Crippen molar-refractivity contribution in [3.8, 4) is 17.4 Å². The van der Waals surface area contributed by atoms with Crippen molar-refractivity contribution in [1.29, 1.82) is 0 Å². The number of nitrogens with one attached hydrogen (secondary N) is 1. The molecule has 3 N–H and O–H groups in total. The van der Waals surface area contributed by atoms with Crippen molar-refractivity contribution in [2.45, 2.75) is 6.42 Å². The Labute approximate surface area is 215 Å². The maximum absolute atomic E-state index is 12.5. The third-order valence-electron chi connectivity index (χ3n) is 6.34. The molecule has 5 rings (SSSR count). The fraction of sp³-hybridized carbons (Fsp3) is 0.308. The van der Waals surface area contributed by atoms with Crippen LogP contribution in [-0.2, 0) is 11.0 Å². The van der Waals surface area contributed by atoms with Crippen LogP contribution in [0.15, 0.2) is 54.7 Å². The number of benzene rings is 2. The minimum atomic E-state index is -1.71. The topological polar surface area (TPSA) is 108 Å². The monoisotopic (exact) mass is 523 g/mol. The van der Waals surface area contributed by atoms with Gasteiger partial charge in [0.05, 0.1) is 24.4 Å². The highest BCUT2D eigenvalue weighted by Gasteiger charge is 2.26. The average molecular weight is 524 g/mol. The Hall–Kier alpha value is -3.75. The highest BCUT2D eigenvalue weighted by Crippen LogP contribution is 2.36. The van der Waals surface area contributed by atoms with E-state index in [4.69, 9.17) is 15.2 Å². The number of fused-ring (bicyclic) bond motifs is 1. The van der Waals surface area contributed by atoms with E-state index in [-0.39, 0.29) is 12.6 Å². The van der Waals surface area contributed by atoms with E-state index in [2.05, 4.69) is 20.2 Å². The maximum Gasteiger partial charge on any atom is 0.464 e. The predicted molar refractivity (Wildman–Crippen MR) is 143 cm³/mol. The molecule has 1 unspecified atom stereocenters. The Bertz CT molecular complexity index is 1440. The normalized spacial score (nSPS) is 14.4. The lowest BCUT2D eigenvalue weighted by atomic mass is 9.92. The van der Waals surface area contributed by atoms with Crippen LogP contribution in [-0.4, -0.2) is 59.3 Å². The van der Waals surface area contributed by atoms with Gasteiger partial charge in [0.25, 0.3) is 0 Å². The van der Waals surface area contributed by atoms with Crippen molar-refractivity contribution in [1.82, 2.24) is 19.2 Å². The quantitative estimate of drug-likeness (QED) is 0.215. The first-order valence-electron chi connectivity index (χ1n) is 12.0. The molecule has 3 heterocycles. The fourth-order valence-electron chi connectivity index (χ4n) is 4.55. The fourth-order valence-corrected chi connectivity index (χ4v) is 5.23. The highest BCUT2D eigenvalue weighted by molar-refractivity contribution is 7.42. The van der Waals surface area contributed by atoms with Gasteiger partial charge in [-0.25, -0.2) is 4.39 Å². The van der Waals surface area contributed by atoms with Crippen LogP contribution in [0.2, 0.25) is 0 Å². The minimum Gasteiger partial charge on any atom is -0.495 e. The van der Waals surface area contributed by atoms with Crippen molar-refractivity contribution in [3.05, 3.63) is 60.3 Å². The standard InChI is InChI=1S/C26H29FN6O3P/c1-35-23-13-17(12-18-15-32(16-18)11-9-27)6-7-22(23)29-26-30-24-21(8-10-33(24)37(2)34)25(31-26)36-20-5-3-4-19(28)14-20/h3-8,10,13-14,18H,9,11-12,15-16,28H2,1-2H3,(H,29,30,31)/q+1. The second-order valence-corrected chi connectivity index (χ2v) is 10.4. The summed E-state index contributed by atoms with van der Waals surface area (Å²) >= 11 is 0. The van der Waals surface area contributed by atoms with E-state index in [1.165, 1.54) is 0 Å². The molecule has 1 aliphatic heterocycles. The Morgan fingerprint density at radius 1 is 1.19 bits per heavy atom. The second kappa shape index (κ2) is 10.7. The summed E-state index contributed by atoms with van der Waals surface area (Å²) in [5.74, 6) is 2.28. The van der Waals surface area contributed by atoms with Gasteiger partial charge in [0.2, 0.25) is 11.8 Å². The van der Waals surface area contributed by atoms with Crippen LogP contribution in [0.3, 0.4) is 0 Å². The third-order valence-corrected chi connectivity index (χ3v) is 7.27. The molecule has 0 spiro atoms. The number of rotatable bonds is 10. The van der Waals surface area contributed by atoms with E-state index in [0.29, 0.717) is 52.2 Å². The molecule has 11 heteroatoms. The lowest BCUT2D eigenvalue weighted by molar-refractivity contribution is 0.0930. The predicted octanol–water partition coefficient (Wildman–Crippen LogP) is 5.22. The van der Waals surface area contributed by atoms with Crippen molar-refractivity contribution in [2.75, 3.05) is 51.1 Å². The molecule has 0 amide bonds. The van der Waals surface area contributed by atoms with Crippen LogP contribution in [0, 0.1) is 5.92 Å². The number of alkyl halides is 1. The molecule has 9 nitrogen and oxygen atoms in total. The van der Waals surface area contributed by atoms with Gasteiger partial charge in [-0.3, -0.25) is 0 Å². The molecule has 2 aromatic heterocycles. The molecular formula is C26H29FN6O3P+. The third kappa shape index (κ3) is 5.50. The Morgan fingerprint density at radius 3 is 2.76 bits per heavy atom. The number of anilines is 3. The molecule has 4 aromatic rings. The van der Waals surface area contributed by atoms with Crippen LogP contribution in [0.25, 0.3) is 11.0 Å². The first-order chi connectivity index (χ1) is 17.9. The molecule has 0 aliphatic carbocycles. The number of methoxy groups -OCH3 is 1. The summed E-state index contributed by atoms with van der Waals surface area (Å²) in [6.07, 6.45) is 2.61. The van der Waals surface area contributed by atoms with Crippen molar-refractivity contribution < 1.29 is 18.4 Å². The molecule has 1 aliphatic rings. The number of likely N-dealkylation sites (tertiary alicyclic amines) is 1. The Kier molecular flexibility index (Phi) is 7.21. The van der Waals surface area contributed by atoms with Gasteiger partial charge in [-0.15, -0.1) is 4.34 Å². The van der Waals surface area contributed by atoms with Crippen molar-refractivity contribution in [2.24, 2.45) is 5.92 Å². The van der Waals surface area contributed by atoms with Gasteiger partial charge in [-0.1, -0.05) is 12.1 Å². The first kappa shape index (κ1) is 24.9. The van der Waals surface area contributed by atoms with Crippen LogP contribution in [0.5, 0.6) is 17.4 Å². The zero-order valence-electron chi connectivity index (χ0n) is 20.7. The molecule has 1 saturated heterocycles. The average Bonchev–Trinajstić information content (AvgIpc) is 3.28. The number of hydrogen-bond acceptors (Lipinski definition) is 8. The Morgan fingerprint density at radius 2 is 2.03 bits per heavy atom. The maximum atomic E-state index is 12.5. The molecule has 192 valence electrons. The van der Waals surface area contributed by atoms with E-state index in [1.54, 1.807) is 54.6 Å². The lowest BCUT2D eigenvalue weighted by Crippen LogP contribution is -2.48. The number of nitrogens with zero attached hydrogens (tertiary/aromatic N) is 4. The molecule has 2 aromatic carbocycles. The van der Waals surface area contributed by atoms with Crippen LogP contribution < -0.4 is 20.5 Å². The second-order valence-electron chi connectivity index (χ2n) is 9.07. The molecule has 1 atom stereocenters.